The van der Waals surface area contributed by atoms with Crippen molar-refractivity contribution in [3.8, 4) is 5.75 Å². The smallest absolute Gasteiger partial charge is 0.121 e. The summed E-state index contributed by atoms with van der Waals surface area (Å²) < 4.78 is 8.09. The monoisotopic (exact) mass is 289 g/mol. The topological polar surface area (TPSA) is 53.1 Å². The number of hydrogen-bond acceptors (Lipinski definition) is 3. The van der Waals surface area contributed by atoms with Crippen molar-refractivity contribution in [2.75, 3.05) is 6.54 Å². The number of imidazole rings is 1. The zero-order chi connectivity index (χ0) is 15.4. The van der Waals surface area contributed by atoms with Crippen LogP contribution in [0.25, 0.3) is 11.0 Å². The average Bonchev–Trinajstić information content (AvgIpc) is 2.72. The van der Waals surface area contributed by atoms with Crippen LogP contribution in [0.2, 0.25) is 0 Å². The molecule has 1 heterocycles. The first-order valence-electron chi connectivity index (χ1n) is 7.87. The summed E-state index contributed by atoms with van der Waals surface area (Å²) in [4.78, 5) is 4.80. The Morgan fingerprint density at radius 2 is 2.00 bits per heavy atom. The molecule has 2 aromatic rings. The number of aryl methyl sites for hydroxylation is 1. The van der Waals surface area contributed by atoms with Gasteiger partial charge in [0.25, 0.3) is 0 Å². The van der Waals surface area contributed by atoms with E-state index in [2.05, 4.69) is 24.5 Å². The molecule has 0 atom stereocenters. The third-order valence-corrected chi connectivity index (χ3v) is 3.32. The highest BCUT2D eigenvalue weighted by molar-refractivity contribution is 5.77. The van der Waals surface area contributed by atoms with Gasteiger partial charge in [0.05, 0.1) is 17.1 Å². The summed E-state index contributed by atoms with van der Waals surface area (Å²) in [5.74, 6) is 2.61. The molecule has 0 saturated heterocycles. The molecule has 2 N–H and O–H groups in total. The molecule has 0 radical (unpaired) electrons. The van der Waals surface area contributed by atoms with Crippen molar-refractivity contribution in [2.45, 2.75) is 53.2 Å². The first-order valence-corrected chi connectivity index (χ1v) is 7.87. The Morgan fingerprint density at radius 3 is 2.62 bits per heavy atom. The Hall–Kier alpha value is -1.55. The van der Waals surface area contributed by atoms with Crippen LogP contribution < -0.4 is 10.5 Å². The van der Waals surface area contributed by atoms with Gasteiger partial charge in [-0.25, -0.2) is 4.98 Å². The summed E-state index contributed by atoms with van der Waals surface area (Å²) >= 11 is 0. The van der Waals surface area contributed by atoms with Crippen molar-refractivity contribution in [1.82, 2.24) is 9.55 Å². The van der Waals surface area contributed by atoms with E-state index in [1.807, 2.05) is 26.0 Å². The maximum absolute atomic E-state index is 5.76. The zero-order valence-corrected chi connectivity index (χ0v) is 13.6. The van der Waals surface area contributed by atoms with E-state index >= 15 is 0 Å². The number of hydrogen-bond donors (Lipinski definition) is 1. The van der Waals surface area contributed by atoms with Gasteiger partial charge in [-0.15, -0.1) is 0 Å². The molecule has 0 aliphatic rings. The highest BCUT2D eigenvalue weighted by Gasteiger charge is 2.12. The van der Waals surface area contributed by atoms with Gasteiger partial charge in [-0.2, -0.15) is 0 Å². The maximum atomic E-state index is 5.76. The van der Waals surface area contributed by atoms with Crippen LogP contribution >= 0.6 is 0 Å². The molecular weight excluding hydrogens is 262 g/mol. The standard InChI is InChI=1S/C17H27N3O/c1-12(2)11-20-16-8-7-14(21-13(3)4)10-15(16)19-17(20)6-5-9-18/h7-8,10,12-13H,5-6,9,11,18H2,1-4H3. The summed E-state index contributed by atoms with van der Waals surface area (Å²) in [6.07, 6.45) is 2.08. The Labute approximate surface area is 127 Å². The van der Waals surface area contributed by atoms with Crippen LogP contribution in [0.3, 0.4) is 0 Å². The molecule has 0 unspecified atom stereocenters. The summed E-state index contributed by atoms with van der Waals surface area (Å²) in [5, 5.41) is 0. The molecule has 0 aliphatic carbocycles. The summed E-state index contributed by atoms with van der Waals surface area (Å²) in [7, 11) is 0. The molecule has 0 spiro atoms. The fourth-order valence-corrected chi connectivity index (χ4v) is 2.52. The van der Waals surface area contributed by atoms with Crippen molar-refractivity contribution in [3.63, 3.8) is 0 Å². The summed E-state index contributed by atoms with van der Waals surface area (Å²) in [6, 6.07) is 6.19. The second kappa shape index (κ2) is 6.94. The molecule has 0 amide bonds. The lowest BCUT2D eigenvalue weighted by atomic mass is 10.2. The molecule has 0 bridgehead atoms. The van der Waals surface area contributed by atoms with E-state index in [4.69, 9.17) is 15.5 Å². The second-order valence-electron chi connectivity index (χ2n) is 6.24. The largest absolute Gasteiger partial charge is 0.491 e. The van der Waals surface area contributed by atoms with Crippen molar-refractivity contribution < 1.29 is 4.74 Å². The average molecular weight is 289 g/mol. The van der Waals surface area contributed by atoms with Crippen LogP contribution in [-0.4, -0.2) is 22.2 Å². The van der Waals surface area contributed by atoms with Gasteiger partial charge in [0.15, 0.2) is 0 Å². The third-order valence-electron chi connectivity index (χ3n) is 3.32. The Bertz CT molecular complexity index is 587. The van der Waals surface area contributed by atoms with Crippen LogP contribution in [-0.2, 0) is 13.0 Å². The van der Waals surface area contributed by atoms with Crippen LogP contribution in [0.4, 0.5) is 0 Å². The molecule has 0 fully saturated rings. The maximum Gasteiger partial charge on any atom is 0.121 e. The van der Waals surface area contributed by atoms with Gasteiger partial charge in [0.2, 0.25) is 0 Å². The number of ether oxygens (including phenoxy) is 1. The third kappa shape index (κ3) is 3.97. The second-order valence-corrected chi connectivity index (χ2v) is 6.24. The van der Waals surface area contributed by atoms with Crippen LogP contribution in [0, 0.1) is 5.92 Å². The van der Waals surface area contributed by atoms with Crippen molar-refractivity contribution >= 4 is 11.0 Å². The lowest BCUT2D eigenvalue weighted by Crippen LogP contribution is -2.10. The number of benzene rings is 1. The fourth-order valence-electron chi connectivity index (χ4n) is 2.52. The molecular formula is C17H27N3O. The van der Waals surface area contributed by atoms with Crippen molar-refractivity contribution in [1.29, 1.82) is 0 Å². The van der Waals surface area contributed by atoms with Gasteiger partial charge >= 0.3 is 0 Å². The molecule has 1 aromatic carbocycles. The number of aromatic nitrogens is 2. The minimum Gasteiger partial charge on any atom is -0.491 e. The predicted octanol–water partition coefficient (Wildman–Crippen LogP) is 3.37. The highest BCUT2D eigenvalue weighted by Crippen LogP contribution is 2.24. The Morgan fingerprint density at radius 1 is 1.24 bits per heavy atom. The van der Waals surface area contributed by atoms with E-state index in [1.54, 1.807) is 0 Å². The number of rotatable bonds is 7. The minimum atomic E-state index is 0.178. The molecule has 0 saturated carbocycles. The molecule has 4 nitrogen and oxygen atoms in total. The Kier molecular flexibility index (Phi) is 5.23. The first-order chi connectivity index (χ1) is 10.0. The van der Waals surface area contributed by atoms with Gasteiger partial charge in [0, 0.05) is 19.0 Å². The molecule has 116 valence electrons. The quantitative estimate of drug-likeness (QED) is 0.850. The summed E-state index contributed by atoms with van der Waals surface area (Å²) in [5.41, 5.74) is 7.85. The van der Waals surface area contributed by atoms with Crippen molar-refractivity contribution in [3.05, 3.63) is 24.0 Å². The van der Waals surface area contributed by atoms with E-state index in [0.29, 0.717) is 12.5 Å². The molecule has 4 heteroatoms. The lowest BCUT2D eigenvalue weighted by Gasteiger charge is -2.12. The van der Waals surface area contributed by atoms with E-state index < -0.39 is 0 Å². The van der Waals surface area contributed by atoms with Gasteiger partial charge < -0.3 is 15.0 Å². The van der Waals surface area contributed by atoms with Gasteiger partial charge in [-0.05, 0) is 44.9 Å². The first kappa shape index (κ1) is 15.8. The summed E-state index contributed by atoms with van der Waals surface area (Å²) in [6.45, 7) is 10.2. The fraction of sp³-hybridized carbons (Fsp3) is 0.588. The molecule has 21 heavy (non-hydrogen) atoms. The van der Waals surface area contributed by atoms with E-state index in [1.165, 1.54) is 5.52 Å². The number of nitrogens with zero attached hydrogens (tertiary/aromatic N) is 2. The van der Waals surface area contributed by atoms with E-state index in [0.717, 1.165) is 36.5 Å². The zero-order valence-electron chi connectivity index (χ0n) is 13.6. The number of fused-ring (bicyclic) bond motifs is 1. The van der Waals surface area contributed by atoms with Crippen molar-refractivity contribution in [2.24, 2.45) is 11.7 Å². The van der Waals surface area contributed by atoms with E-state index in [9.17, 15) is 0 Å². The van der Waals surface area contributed by atoms with E-state index in [-0.39, 0.29) is 6.10 Å². The normalized spacial score (nSPS) is 11.8. The molecule has 0 aliphatic heterocycles. The number of nitrogens with two attached hydrogens (primary N) is 1. The lowest BCUT2D eigenvalue weighted by molar-refractivity contribution is 0.242. The highest BCUT2D eigenvalue weighted by atomic mass is 16.5. The molecule has 1 aromatic heterocycles. The van der Waals surface area contributed by atoms with Gasteiger partial charge in [-0.3, -0.25) is 0 Å². The Balaban J connectivity index is 2.40. The van der Waals surface area contributed by atoms with Gasteiger partial charge in [0.1, 0.15) is 11.6 Å². The predicted molar refractivity (Wildman–Crippen MR) is 87.7 cm³/mol. The SMILES string of the molecule is CC(C)Cn1c(CCCN)nc2cc(OC(C)C)ccc21. The van der Waals surface area contributed by atoms with Gasteiger partial charge in [-0.1, -0.05) is 13.8 Å². The molecule has 2 rings (SSSR count). The van der Waals surface area contributed by atoms with Crippen LogP contribution in [0.5, 0.6) is 5.75 Å². The van der Waals surface area contributed by atoms with Crippen LogP contribution in [0.15, 0.2) is 18.2 Å². The van der Waals surface area contributed by atoms with Crippen LogP contribution in [0.1, 0.15) is 39.9 Å². The minimum absolute atomic E-state index is 0.178.